The van der Waals surface area contributed by atoms with Gasteiger partial charge in [0, 0.05) is 23.0 Å². The summed E-state index contributed by atoms with van der Waals surface area (Å²) < 4.78 is 13.1. The summed E-state index contributed by atoms with van der Waals surface area (Å²) in [6.45, 7) is 1.89. The number of halogens is 2. The SMILES string of the molecule is Cc1ccc(C(=O)NC2CC2)cc1NCC(=O)Nc1ccc(F)c(Cl)c1. The van der Waals surface area contributed by atoms with Crippen molar-refractivity contribution in [1.29, 1.82) is 0 Å². The van der Waals surface area contributed by atoms with Gasteiger partial charge in [-0.3, -0.25) is 9.59 Å². The Balaban J connectivity index is 1.60. The maximum atomic E-state index is 13.1. The molecule has 0 radical (unpaired) electrons. The van der Waals surface area contributed by atoms with Crippen LogP contribution in [0.5, 0.6) is 0 Å². The number of benzene rings is 2. The monoisotopic (exact) mass is 375 g/mol. The van der Waals surface area contributed by atoms with E-state index in [0.29, 0.717) is 16.9 Å². The Morgan fingerprint density at radius 3 is 2.65 bits per heavy atom. The smallest absolute Gasteiger partial charge is 0.251 e. The zero-order valence-electron chi connectivity index (χ0n) is 14.2. The molecule has 1 aliphatic rings. The van der Waals surface area contributed by atoms with E-state index in [1.54, 1.807) is 12.1 Å². The van der Waals surface area contributed by atoms with Crippen molar-refractivity contribution < 1.29 is 14.0 Å². The molecule has 0 heterocycles. The van der Waals surface area contributed by atoms with Gasteiger partial charge in [0.2, 0.25) is 5.91 Å². The molecule has 5 nitrogen and oxygen atoms in total. The van der Waals surface area contributed by atoms with E-state index < -0.39 is 5.82 Å². The van der Waals surface area contributed by atoms with Gasteiger partial charge in [-0.2, -0.15) is 0 Å². The summed E-state index contributed by atoms with van der Waals surface area (Å²) in [5, 5.41) is 8.54. The summed E-state index contributed by atoms with van der Waals surface area (Å²) in [4.78, 5) is 24.2. The zero-order valence-corrected chi connectivity index (χ0v) is 15.0. The van der Waals surface area contributed by atoms with Crippen molar-refractivity contribution in [3.63, 3.8) is 0 Å². The highest BCUT2D eigenvalue weighted by atomic mass is 35.5. The molecule has 1 saturated carbocycles. The third-order valence-corrected chi connectivity index (χ3v) is 4.34. The highest BCUT2D eigenvalue weighted by Crippen LogP contribution is 2.22. The number of hydrogen-bond acceptors (Lipinski definition) is 3. The largest absolute Gasteiger partial charge is 0.376 e. The van der Waals surface area contributed by atoms with Gasteiger partial charge >= 0.3 is 0 Å². The lowest BCUT2D eigenvalue weighted by molar-refractivity contribution is -0.114. The van der Waals surface area contributed by atoms with Crippen LogP contribution in [0, 0.1) is 12.7 Å². The Bertz CT molecular complexity index is 853. The fraction of sp³-hybridized carbons (Fsp3) is 0.263. The van der Waals surface area contributed by atoms with E-state index in [0.717, 1.165) is 18.4 Å². The van der Waals surface area contributed by atoms with E-state index in [1.807, 2.05) is 13.0 Å². The lowest BCUT2D eigenvalue weighted by Crippen LogP contribution is -2.26. The van der Waals surface area contributed by atoms with Crippen molar-refractivity contribution >= 4 is 34.8 Å². The molecule has 0 atom stereocenters. The van der Waals surface area contributed by atoms with Gasteiger partial charge in [0.15, 0.2) is 0 Å². The number of amides is 2. The Labute approximate surface area is 155 Å². The van der Waals surface area contributed by atoms with Gasteiger partial charge in [-0.1, -0.05) is 17.7 Å². The molecular weight excluding hydrogens is 357 g/mol. The van der Waals surface area contributed by atoms with Crippen LogP contribution in [0.2, 0.25) is 5.02 Å². The highest BCUT2D eigenvalue weighted by molar-refractivity contribution is 6.31. The number of hydrogen-bond donors (Lipinski definition) is 3. The first-order chi connectivity index (χ1) is 12.4. The van der Waals surface area contributed by atoms with Gasteiger partial charge in [-0.05, 0) is 55.7 Å². The number of carbonyl (C=O) groups is 2. The number of anilines is 2. The van der Waals surface area contributed by atoms with E-state index in [-0.39, 0.29) is 29.4 Å². The Kier molecular flexibility index (Phi) is 5.42. The van der Waals surface area contributed by atoms with Crippen LogP contribution in [0.1, 0.15) is 28.8 Å². The van der Waals surface area contributed by atoms with E-state index in [4.69, 9.17) is 11.6 Å². The summed E-state index contributed by atoms with van der Waals surface area (Å²) in [5.74, 6) is -0.958. The molecule has 0 unspecified atom stereocenters. The van der Waals surface area contributed by atoms with Crippen LogP contribution in [0.4, 0.5) is 15.8 Å². The summed E-state index contributed by atoms with van der Waals surface area (Å²) in [5.41, 5.74) is 2.60. The first-order valence-corrected chi connectivity index (χ1v) is 8.70. The standard InChI is InChI=1S/C19H19ClFN3O2/c1-11-2-3-12(19(26)24-13-4-5-13)8-17(11)22-10-18(25)23-14-6-7-16(21)15(20)9-14/h2-3,6-9,13,22H,4-5,10H2,1H3,(H,23,25)(H,24,26). The number of aryl methyl sites for hydroxylation is 1. The van der Waals surface area contributed by atoms with Crippen molar-refractivity contribution in [2.24, 2.45) is 0 Å². The molecule has 26 heavy (non-hydrogen) atoms. The maximum absolute atomic E-state index is 13.1. The van der Waals surface area contributed by atoms with E-state index >= 15 is 0 Å². The van der Waals surface area contributed by atoms with Crippen molar-refractivity contribution in [3.05, 3.63) is 58.4 Å². The molecular formula is C19H19ClFN3O2. The second-order valence-electron chi connectivity index (χ2n) is 6.31. The lowest BCUT2D eigenvalue weighted by Gasteiger charge is -2.12. The predicted molar refractivity (Wildman–Crippen MR) is 100 cm³/mol. The first-order valence-electron chi connectivity index (χ1n) is 8.32. The van der Waals surface area contributed by atoms with Crippen LogP contribution in [0.15, 0.2) is 36.4 Å². The van der Waals surface area contributed by atoms with Crippen LogP contribution >= 0.6 is 11.6 Å². The van der Waals surface area contributed by atoms with E-state index in [1.165, 1.54) is 18.2 Å². The lowest BCUT2D eigenvalue weighted by atomic mass is 10.1. The molecule has 0 aliphatic heterocycles. The normalized spacial score (nSPS) is 13.2. The van der Waals surface area contributed by atoms with E-state index in [2.05, 4.69) is 16.0 Å². The maximum Gasteiger partial charge on any atom is 0.251 e. The fourth-order valence-corrected chi connectivity index (χ4v) is 2.59. The summed E-state index contributed by atoms with van der Waals surface area (Å²) in [6, 6.07) is 9.59. The quantitative estimate of drug-likeness (QED) is 0.720. The molecule has 1 fully saturated rings. The minimum Gasteiger partial charge on any atom is -0.376 e. The topological polar surface area (TPSA) is 70.2 Å². The van der Waals surface area contributed by atoms with Crippen molar-refractivity contribution in [2.75, 3.05) is 17.2 Å². The molecule has 0 saturated heterocycles. The van der Waals surface area contributed by atoms with Crippen molar-refractivity contribution in [1.82, 2.24) is 5.32 Å². The molecule has 2 aromatic rings. The van der Waals surface area contributed by atoms with Crippen molar-refractivity contribution in [3.8, 4) is 0 Å². The molecule has 7 heteroatoms. The van der Waals surface area contributed by atoms with Crippen LogP contribution in [0.25, 0.3) is 0 Å². The Morgan fingerprint density at radius 2 is 1.96 bits per heavy atom. The van der Waals surface area contributed by atoms with Crippen LogP contribution in [-0.2, 0) is 4.79 Å². The molecule has 136 valence electrons. The Morgan fingerprint density at radius 1 is 1.19 bits per heavy atom. The van der Waals surface area contributed by atoms with E-state index in [9.17, 15) is 14.0 Å². The molecule has 2 amide bonds. The van der Waals surface area contributed by atoms with Crippen molar-refractivity contribution in [2.45, 2.75) is 25.8 Å². The molecule has 0 spiro atoms. The number of nitrogens with one attached hydrogen (secondary N) is 3. The first kappa shape index (κ1) is 18.2. The molecule has 2 aromatic carbocycles. The van der Waals surface area contributed by atoms with Gasteiger partial charge in [-0.25, -0.2) is 4.39 Å². The summed E-state index contributed by atoms with van der Waals surface area (Å²) >= 11 is 5.70. The number of carbonyl (C=O) groups excluding carboxylic acids is 2. The average Bonchev–Trinajstić information content (AvgIpc) is 3.41. The third kappa shape index (κ3) is 4.73. The minimum atomic E-state index is -0.542. The van der Waals surface area contributed by atoms with Crippen LogP contribution < -0.4 is 16.0 Å². The molecule has 0 aromatic heterocycles. The van der Waals surface area contributed by atoms with Gasteiger partial charge in [0.25, 0.3) is 5.91 Å². The van der Waals surface area contributed by atoms with Crippen LogP contribution in [-0.4, -0.2) is 24.4 Å². The number of rotatable bonds is 6. The second-order valence-corrected chi connectivity index (χ2v) is 6.72. The van der Waals surface area contributed by atoms with Gasteiger partial charge in [0.1, 0.15) is 5.82 Å². The third-order valence-electron chi connectivity index (χ3n) is 4.06. The van der Waals surface area contributed by atoms with Gasteiger partial charge in [-0.15, -0.1) is 0 Å². The molecule has 3 rings (SSSR count). The minimum absolute atomic E-state index is 0.00350. The molecule has 1 aliphatic carbocycles. The molecule has 3 N–H and O–H groups in total. The van der Waals surface area contributed by atoms with Gasteiger partial charge < -0.3 is 16.0 Å². The van der Waals surface area contributed by atoms with Crippen LogP contribution in [0.3, 0.4) is 0 Å². The molecule has 0 bridgehead atoms. The predicted octanol–water partition coefficient (Wildman–Crippen LogP) is 3.73. The highest BCUT2D eigenvalue weighted by Gasteiger charge is 2.24. The zero-order chi connectivity index (χ0) is 18.7. The average molecular weight is 376 g/mol. The second kappa shape index (κ2) is 7.74. The fourth-order valence-electron chi connectivity index (χ4n) is 2.40. The Hall–Kier alpha value is -2.60. The summed E-state index contributed by atoms with van der Waals surface area (Å²) in [6.07, 6.45) is 2.05. The van der Waals surface area contributed by atoms with Gasteiger partial charge in [0.05, 0.1) is 11.6 Å². The summed E-state index contributed by atoms with van der Waals surface area (Å²) in [7, 11) is 0.